The van der Waals surface area contributed by atoms with Gasteiger partial charge in [0, 0.05) is 16.8 Å². The van der Waals surface area contributed by atoms with Gasteiger partial charge in [-0.15, -0.1) is 11.3 Å². The summed E-state index contributed by atoms with van der Waals surface area (Å²) in [6.45, 7) is 2.62. The highest BCUT2D eigenvalue weighted by Gasteiger charge is 2.54. The molecule has 0 aromatic carbocycles. The molecule has 0 atom stereocenters. The molecular weight excluding hydrogens is 412 g/mol. The summed E-state index contributed by atoms with van der Waals surface area (Å²) in [7, 11) is 0. The van der Waals surface area contributed by atoms with E-state index in [2.05, 4.69) is 0 Å². The smallest absolute Gasteiger partial charge is 0.263 e. The Morgan fingerprint density at radius 2 is 1.80 bits per heavy atom. The summed E-state index contributed by atoms with van der Waals surface area (Å²) in [6.07, 6.45) is 11.9. The van der Waals surface area contributed by atoms with Gasteiger partial charge in [-0.2, -0.15) is 0 Å². The van der Waals surface area contributed by atoms with Crippen molar-refractivity contribution < 1.29 is 4.79 Å². The van der Waals surface area contributed by atoms with E-state index >= 15 is 0 Å². The molecule has 0 radical (unpaired) electrons. The number of Topliss-reactive ketones (excluding diaryl/α,β-unsaturated/α-hetero) is 1. The van der Waals surface area contributed by atoms with Gasteiger partial charge >= 0.3 is 0 Å². The third-order valence-electron chi connectivity index (χ3n) is 8.32. The molecule has 0 spiro atoms. The molecule has 4 saturated carbocycles. The fourth-order valence-electron chi connectivity index (χ4n) is 7.34. The molecule has 2 aromatic rings. The Labute approximate surface area is 185 Å². The van der Waals surface area contributed by atoms with E-state index in [1.54, 1.807) is 11.3 Å². The number of thioether (sulfide) groups is 1. The molecule has 5 aliphatic carbocycles. The third kappa shape index (κ3) is 2.96. The van der Waals surface area contributed by atoms with Gasteiger partial charge in [0.05, 0.1) is 11.1 Å². The van der Waals surface area contributed by atoms with Crippen LogP contribution in [0, 0.1) is 23.2 Å². The van der Waals surface area contributed by atoms with E-state index in [-0.39, 0.29) is 11.0 Å². The molecule has 2 aromatic heterocycles. The van der Waals surface area contributed by atoms with E-state index in [1.807, 2.05) is 11.5 Å². The zero-order valence-electron chi connectivity index (χ0n) is 17.7. The van der Waals surface area contributed by atoms with E-state index in [9.17, 15) is 9.59 Å². The molecule has 2 heterocycles. The highest BCUT2D eigenvalue weighted by Crippen LogP contribution is 2.60. The van der Waals surface area contributed by atoms with Gasteiger partial charge in [-0.05, 0) is 94.4 Å². The maximum atomic E-state index is 13.4. The van der Waals surface area contributed by atoms with Gasteiger partial charge in [-0.25, -0.2) is 4.98 Å². The van der Waals surface area contributed by atoms with Gasteiger partial charge in [0.25, 0.3) is 5.56 Å². The lowest BCUT2D eigenvalue weighted by atomic mass is 9.48. The van der Waals surface area contributed by atoms with E-state index in [1.165, 1.54) is 54.3 Å². The van der Waals surface area contributed by atoms with Crippen LogP contribution >= 0.6 is 23.1 Å². The van der Waals surface area contributed by atoms with Crippen LogP contribution in [0.5, 0.6) is 0 Å². The Bertz CT molecular complexity index is 1050. The molecular formula is C24H30N2O2S2. The first-order chi connectivity index (χ1) is 14.6. The average molecular weight is 443 g/mol. The molecule has 4 fully saturated rings. The largest absolute Gasteiger partial charge is 0.298 e. The van der Waals surface area contributed by atoms with E-state index in [0.717, 1.165) is 65.2 Å². The maximum absolute atomic E-state index is 13.4. The number of fused-ring (bicyclic) bond motifs is 3. The van der Waals surface area contributed by atoms with Crippen molar-refractivity contribution in [3.63, 3.8) is 0 Å². The van der Waals surface area contributed by atoms with Crippen LogP contribution < -0.4 is 5.56 Å². The molecule has 0 N–H and O–H groups in total. The molecule has 0 amide bonds. The number of nitrogens with zero attached hydrogens (tertiary/aromatic N) is 2. The van der Waals surface area contributed by atoms with Gasteiger partial charge in [0.15, 0.2) is 5.16 Å². The first-order valence-electron chi connectivity index (χ1n) is 11.8. The molecule has 0 aliphatic heterocycles. The lowest BCUT2D eigenvalue weighted by Crippen LogP contribution is -2.50. The van der Waals surface area contributed by atoms with Crippen LogP contribution in [0.4, 0.5) is 0 Å². The minimum Gasteiger partial charge on any atom is -0.298 e. The summed E-state index contributed by atoms with van der Waals surface area (Å²) in [6, 6.07) is 0. The van der Waals surface area contributed by atoms with Crippen molar-refractivity contribution in [1.82, 2.24) is 9.55 Å². The Hall–Kier alpha value is -1.14. The van der Waals surface area contributed by atoms with Crippen LogP contribution in [-0.4, -0.2) is 21.1 Å². The summed E-state index contributed by atoms with van der Waals surface area (Å²) >= 11 is 3.22. The van der Waals surface area contributed by atoms with Crippen molar-refractivity contribution >= 4 is 39.1 Å². The molecule has 7 rings (SSSR count). The number of rotatable bonds is 5. The summed E-state index contributed by atoms with van der Waals surface area (Å²) in [5, 5.41) is 1.60. The monoisotopic (exact) mass is 442 g/mol. The zero-order chi connectivity index (χ0) is 20.5. The second-order valence-corrected chi connectivity index (χ2v) is 12.3. The predicted octanol–water partition coefficient (Wildman–Crippen LogP) is 5.23. The zero-order valence-corrected chi connectivity index (χ0v) is 19.4. The van der Waals surface area contributed by atoms with Crippen LogP contribution in [0.15, 0.2) is 9.95 Å². The number of carbonyl (C=O) groups excluding carboxylic acids is 1. The Morgan fingerprint density at radius 3 is 2.47 bits per heavy atom. The summed E-state index contributed by atoms with van der Waals surface area (Å²) in [4.78, 5) is 33.9. The molecule has 6 heteroatoms. The van der Waals surface area contributed by atoms with Crippen LogP contribution in [0.3, 0.4) is 0 Å². The van der Waals surface area contributed by atoms with Gasteiger partial charge in [-0.3, -0.25) is 14.2 Å². The summed E-state index contributed by atoms with van der Waals surface area (Å²) < 4.78 is 1.81. The number of hydrogen-bond donors (Lipinski definition) is 0. The Kier molecular flexibility index (Phi) is 4.68. The lowest BCUT2D eigenvalue weighted by molar-refractivity contribution is -0.141. The third-order valence-corrected chi connectivity index (χ3v) is 10.5. The highest BCUT2D eigenvalue weighted by molar-refractivity contribution is 7.99. The normalized spacial score (nSPS) is 32.0. The SMILES string of the molecule is CCn1c(SCC(=O)C23CC4CC(CC(C4)C2)C3)nc2sc3c(c2c1=O)CCCC3. The Balaban J connectivity index is 1.29. The standard InChI is InChI=1S/C24H30N2O2S2/c1-2-26-22(28)20-17-5-3-4-6-18(17)30-21(20)25-23(26)29-13-19(27)24-10-14-7-15(11-24)9-16(8-14)12-24/h14-16H,2-13H2,1H3. The van der Waals surface area contributed by atoms with Crippen molar-refractivity contribution in [1.29, 1.82) is 0 Å². The molecule has 5 aliphatic rings. The summed E-state index contributed by atoms with van der Waals surface area (Å²) in [5.74, 6) is 3.24. The fourth-order valence-corrected chi connectivity index (χ4v) is 9.74. The molecule has 0 unspecified atom stereocenters. The van der Waals surface area contributed by atoms with E-state index in [4.69, 9.17) is 4.98 Å². The maximum Gasteiger partial charge on any atom is 0.263 e. The molecule has 4 nitrogen and oxygen atoms in total. The van der Waals surface area contributed by atoms with Gasteiger partial charge in [0.1, 0.15) is 10.6 Å². The predicted molar refractivity (Wildman–Crippen MR) is 123 cm³/mol. The second-order valence-electron chi connectivity index (χ2n) is 10.2. The van der Waals surface area contributed by atoms with Crippen molar-refractivity contribution in [2.24, 2.45) is 23.2 Å². The number of carbonyl (C=O) groups is 1. The van der Waals surface area contributed by atoms with Crippen molar-refractivity contribution in [3.05, 3.63) is 20.8 Å². The van der Waals surface area contributed by atoms with E-state index in [0.29, 0.717) is 18.1 Å². The highest BCUT2D eigenvalue weighted by atomic mass is 32.2. The Morgan fingerprint density at radius 1 is 1.13 bits per heavy atom. The van der Waals surface area contributed by atoms with Crippen molar-refractivity contribution in [3.8, 4) is 0 Å². The number of ketones is 1. The first kappa shape index (κ1) is 19.5. The van der Waals surface area contributed by atoms with Crippen LogP contribution in [-0.2, 0) is 24.2 Å². The molecule has 0 saturated heterocycles. The van der Waals surface area contributed by atoms with E-state index < -0.39 is 0 Å². The fraction of sp³-hybridized carbons (Fsp3) is 0.708. The minimum atomic E-state index is -0.0643. The molecule has 30 heavy (non-hydrogen) atoms. The quantitative estimate of drug-likeness (QED) is 0.470. The lowest BCUT2D eigenvalue weighted by Gasteiger charge is -2.56. The topological polar surface area (TPSA) is 52.0 Å². The van der Waals surface area contributed by atoms with Crippen LogP contribution in [0.1, 0.15) is 68.7 Å². The number of thiophene rings is 1. The van der Waals surface area contributed by atoms with Crippen LogP contribution in [0.2, 0.25) is 0 Å². The number of aryl methyl sites for hydroxylation is 2. The summed E-state index contributed by atoms with van der Waals surface area (Å²) in [5.41, 5.74) is 1.29. The average Bonchev–Trinajstić information content (AvgIpc) is 3.09. The van der Waals surface area contributed by atoms with Gasteiger partial charge in [-0.1, -0.05) is 11.8 Å². The second kappa shape index (κ2) is 7.19. The minimum absolute atomic E-state index is 0.0643. The van der Waals surface area contributed by atoms with Gasteiger partial charge in [0.2, 0.25) is 0 Å². The van der Waals surface area contributed by atoms with Gasteiger partial charge < -0.3 is 0 Å². The van der Waals surface area contributed by atoms with Crippen LogP contribution in [0.25, 0.3) is 10.2 Å². The first-order valence-corrected chi connectivity index (χ1v) is 13.6. The van der Waals surface area contributed by atoms with Crippen molar-refractivity contribution in [2.75, 3.05) is 5.75 Å². The number of hydrogen-bond acceptors (Lipinski definition) is 5. The number of aromatic nitrogens is 2. The van der Waals surface area contributed by atoms with Crippen molar-refractivity contribution in [2.45, 2.75) is 82.8 Å². The molecule has 4 bridgehead atoms. The molecule has 160 valence electrons.